The molecule has 1 rings (SSSR count). The van der Waals surface area contributed by atoms with Gasteiger partial charge in [0.1, 0.15) is 0 Å². The number of carbonyl (C=O) groups excluding carboxylic acids is 1. The Morgan fingerprint density at radius 2 is 2.13 bits per heavy atom. The Kier molecular flexibility index (Phi) is 3.66. The van der Waals surface area contributed by atoms with Crippen LogP contribution in [0.25, 0.3) is 0 Å². The zero-order chi connectivity index (χ0) is 11.4. The lowest BCUT2D eigenvalue weighted by atomic mass is 10.1. The van der Waals surface area contributed by atoms with Crippen molar-refractivity contribution in [2.24, 2.45) is 0 Å². The van der Waals surface area contributed by atoms with E-state index in [9.17, 15) is 9.18 Å². The summed E-state index contributed by atoms with van der Waals surface area (Å²) < 4.78 is 23.0. The molecule has 0 amide bonds. The van der Waals surface area contributed by atoms with E-state index in [-0.39, 0.29) is 17.9 Å². The second-order valence-electron chi connectivity index (χ2n) is 3.03. The third kappa shape index (κ3) is 2.46. The first kappa shape index (κ1) is 11.5. The van der Waals surface area contributed by atoms with Gasteiger partial charge in [-0.2, -0.15) is 0 Å². The van der Waals surface area contributed by atoms with Crippen LogP contribution in [0, 0.1) is 12.7 Å². The maximum atomic E-state index is 13.4. The highest BCUT2D eigenvalue weighted by Gasteiger charge is 2.13. The minimum Gasteiger partial charge on any atom is -0.493 e. The zero-order valence-electron chi connectivity index (χ0n) is 8.96. The highest BCUT2D eigenvalue weighted by atomic mass is 19.1. The molecule has 1 aromatic carbocycles. The predicted molar refractivity (Wildman–Crippen MR) is 53.6 cm³/mol. The number of carbonyl (C=O) groups is 1. The van der Waals surface area contributed by atoms with Crippen molar-refractivity contribution in [2.45, 2.75) is 13.8 Å². The Hall–Kier alpha value is -1.58. The van der Waals surface area contributed by atoms with Crippen LogP contribution in [0.5, 0.6) is 5.75 Å². The van der Waals surface area contributed by atoms with Gasteiger partial charge < -0.3 is 9.47 Å². The molecule has 0 radical (unpaired) electrons. The minimum atomic E-state index is -0.555. The topological polar surface area (TPSA) is 35.5 Å². The van der Waals surface area contributed by atoms with Crippen molar-refractivity contribution in [3.05, 3.63) is 29.1 Å². The number of halogens is 1. The molecule has 0 N–H and O–H groups in total. The molecule has 0 unspecified atom stereocenters. The third-order valence-electron chi connectivity index (χ3n) is 1.94. The molecule has 0 aromatic heterocycles. The lowest BCUT2D eigenvalue weighted by Crippen LogP contribution is -2.06. The summed E-state index contributed by atoms with van der Waals surface area (Å²) in [6.45, 7) is 3.64. The lowest BCUT2D eigenvalue weighted by Gasteiger charge is -2.08. The highest BCUT2D eigenvalue weighted by Crippen LogP contribution is 2.23. The number of esters is 1. The molecule has 0 aliphatic heterocycles. The summed E-state index contributed by atoms with van der Waals surface area (Å²) in [6, 6.07) is 2.66. The van der Waals surface area contributed by atoms with Gasteiger partial charge in [0.25, 0.3) is 0 Å². The van der Waals surface area contributed by atoms with E-state index in [1.807, 2.05) is 0 Å². The van der Waals surface area contributed by atoms with Crippen LogP contribution in [0.2, 0.25) is 0 Å². The molecule has 0 aliphatic carbocycles. The van der Waals surface area contributed by atoms with Crippen LogP contribution < -0.4 is 4.74 Å². The first-order valence-corrected chi connectivity index (χ1v) is 4.61. The van der Waals surface area contributed by atoms with Crippen LogP contribution in [-0.4, -0.2) is 19.7 Å². The molecule has 0 saturated heterocycles. The van der Waals surface area contributed by atoms with Crippen molar-refractivity contribution in [3.8, 4) is 5.75 Å². The molecular weight excluding hydrogens is 199 g/mol. The fourth-order valence-corrected chi connectivity index (χ4v) is 1.32. The average molecular weight is 212 g/mol. The van der Waals surface area contributed by atoms with Gasteiger partial charge in [-0.1, -0.05) is 0 Å². The molecule has 0 atom stereocenters. The van der Waals surface area contributed by atoms with Gasteiger partial charge >= 0.3 is 5.97 Å². The van der Waals surface area contributed by atoms with Gasteiger partial charge in [0.2, 0.25) is 0 Å². The first-order chi connectivity index (χ1) is 7.10. The number of ether oxygens (including phenoxy) is 2. The Morgan fingerprint density at radius 3 is 2.60 bits per heavy atom. The van der Waals surface area contributed by atoms with Crippen molar-refractivity contribution < 1.29 is 18.7 Å². The molecule has 0 bridgehead atoms. The van der Waals surface area contributed by atoms with Crippen molar-refractivity contribution in [2.75, 3.05) is 13.7 Å². The fraction of sp³-hybridized carbons (Fsp3) is 0.364. The molecule has 0 fully saturated rings. The van der Waals surface area contributed by atoms with Crippen LogP contribution in [0.4, 0.5) is 4.39 Å². The van der Waals surface area contributed by atoms with Crippen molar-refractivity contribution >= 4 is 5.97 Å². The monoisotopic (exact) mass is 212 g/mol. The number of rotatable bonds is 3. The first-order valence-electron chi connectivity index (χ1n) is 4.61. The largest absolute Gasteiger partial charge is 0.493 e. The number of hydrogen-bond donors (Lipinski definition) is 0. The van der Waals surface area contributed by atoms with Gasteiger partial charge in [-0.3, -0.25) is 0 Å². The lowest BCUT2D eigenvalue weighted by molar-refractivity contribution is 0.0525. The maximum Gasteiger partial charge on any atom is 0.338 e. The minimum absolute atomic E-state index is 0.156. The van der Waals surface area contributed by atoms with Gasteiger partial charge in [-0.05, 0) is 31.5 Å². The number of hydrogen-bond acceptors (Lipinski definition) is 3. The van der Waals surface area contributed by atoms with E-state index in [1.54, 1.807) is 19.9 Å². The molecule has 0 spiro atoms. The van der Waals surface area contributed by atoms with Gasteiger partial charge in [-0.15, -0.1) is 0 Å². The summed E-state index contributed by atoms with van der Waals surface area (Å²) >= 11 is 0. The summed E-state index contributed by atoms with van der Waals surface area (Å²) in [5, 5.41) is 0. The summed E-state index contributed by atoms with van der Waals surface area (Å²) in [4.78, 5) is 11.3. The van der Waals surface area contributed by atoms with Crippen LogP contribution in [0.3, 0.4) is 0 Å². The fourth-order valence-electron chi connectivity index (χ4n) is 1.32. The Balaban J connectivity index is 3.08. The standard InChI is InChI=1S/C11H13FO3/c1-4-15-11(13)8-5-7(2)10(14-3)9(12)6-8/h5-6H,4H2,1-3H3. The van der Waals surface area contributed by atoms with E-state index in [1.165, 1.54) is 7.11 Å². The van der Waals surface area contributed by atoms with Crippen LogP contribution in [-0.2, 0) is 4.74 Å². The predicted octanol–water partition coefficient (Wildman–Crippen LogP) is 2.32. The summed E-state index contributed by atoms with van der Waals surface area (Å²) in [6.07, 6.45) is 0. The molecule has 82 valence electrons. The normalized spacial score (nSPS) is 9.87. The van der Waals surface area contributed by atoms with Crippen LogP contribution in [0.1, 0.15) is 22.8 Å². The van der Waals surface area contributed by atoms with Gasteiger partial charge in [0, 0.05) is 0 Å². The van der Waals surface area contributed by atoms with Crippen LogP contribution >= 0.6 is 0 Å². The van der Waals surface area contributed by atoms with Gasteiger partial charge in [-0.25, -0.2) is 9.18 Å². The van der Waals surface area contributed by atoms with Gasteiger partial charge in [0.15, 0.2) is 11.6 Å². The van der Waals surface area contributed by atoms with E-state index >= 15 is 0 Å². The second kappa shape index (κ2) is 4.77. The second-order valence-corrected chi connectivity index (χ2v) is 3.03. The maximum absolute atomic E-state index is 13.4. The Labute approximate surface area is 87.8 Å². The van der Waals surface area contributed by atoms with E-state index in [0.717, 1.165) is 6.07 Å². The number of aryl methyl sites for hydroxylation is 1. The quantitative estimate of drug-likeness (QED) is 0.721. The van der Waals surface area contributed by atoms with E-state index < -0.39 is 11.8 Å². The SMILES string of the molecule is CCOC(=O)c1cc(C)c(OC)c(F)c1. The van der Waals surface area contributed by atoms with Crippen molar-refractivity contribution in [1.82, 2.24) is 0 Å². The Morgan fingerprint density at radius 1 is 1.47 bits per heavy atom. The molecular formula is C11H13FO3. The van der Waals surface area contributed by atoms with Gasteiger partial charge in [0.05, 0.1) is 19.3 Å². The third-order valence-corrected chi connectivity index (χ3v) is 1.94. The van der Waals surface area contributed by atoms with E-state index in [4.69, 9.17) is 9.47 Å². The smallest absolute Gasteiger partial charge is 0.338 e. The Bertz CT molecular complexity index is 351. The molecule has 0 saturated carbocycles. The van der Waals surface area contributed by atoms with Crippen molar-refractivity contribution in [1.29, 1.82) is 0 Å². The van der Waals surface area contributed by atoms with E-state index in [0.29, 0.717) is 5.56 Å². The molecule has 0 aliphatic rings. The average Bonchev–Trinajstić information content (AvgIpc) is 2.17. The number of methoxy groups -OCH3 is 1. The molecule has 4 heteroatoms. The molecule has 0 heterocycles. The van der Waals surface area contributed by atoms with Crippen molar-refractivity contribution in [3.63, 3.8) is 0 Å². The number of benzene rings is 1. The summed E-state index contributed by atoms with van der Waals surface area (Å²) in [7, 11) is 1.38. The molecule has 1 aromatic rings. The summed E-state index contributed by atoms with van der Waals surface area (Å²) in [5.41, 5.74) is 0.771. The molecule has 3 nitrogen and oxygen atoms in total. The van der Waals surface area contributed by atoms with E-state index in [2.05, 4.69) is 0 Å². The van der Waals surface area contributed by atoms with Crippen LogP contribution in [0.15, 0.2) is 12.1 Å². The molecule has 15 heavy (non-hydrogen) atoms. The highest BCUT2D eigenvalue weighted by molar-refractivity contribution is 5.89. The zero-order valence-corrected chi connectivity index (χ0v) is 8.96. The summed E-state index contributed by atoms with van der Waals surface area (Å²) in [5.74, 6) is -0.925.